The van der Waals surface area contributed by atoms with Gasteiger partial charge in [0.25, 0.3) is 5.91 Å². The maximum Gasteiger partial charge on any atom is 0.337 e. The summed E-state index contributed by atoms with van der Waals surface area (Å²) in [6.07, 6.45) is 1.63. The third kappa shape index (κ3) is 4.86. The van der Waals surface area contributed by atoms with Gasteiger partial charge < -0.3 is 19.5 Å². The lowest BCUT2D eigenvalue weighted by molar-refractivity contribution is 0.0600. The third-order valence-corrected chi connectivity index (χ3v) is 3.61. The van der Waals surface area contributed by atoms with Crippen LogP contribution in [0.25, 0.3) is 0 Å². The van der Waals surface area contributed by atoms with Gasteiger partial charge in [0.15, 0.2) is 11.5 Å². The number of amides is 1. The van der Waals surface area contributed by atoms with Gasteiger partial charge in [-0.1, -0.05) is 24.8 Å². The first-order valence-corrected chi connectivity index (χ1v) is 7.96. The van der Waals surface area contributed by atoms with Crippen molar-refractivity contribution in [3.63, 3.8) is 0 Å². The highest BCUT2D eigenvalue weighted by Gasteiger charge is 2.11. The summed E-state index contributed by atoms with van der Waals surface area (Å²) >= 11 is 0. The normalized spacial score (nSPS) is 9.92. The Morgan fingerprint density at radius 1 is 1.04 bits per heavy atom. The number of rotatable bonds is 8. The summed E-state index contributed by atoms with van der Waals surface area (Å²) < 4.78 is 15.4. The minimum atomic E-state index is -0.397. The topological polar surface area (TPSA) is 73.9 Å². The Balaban J connectivity index is 2.01. The number of benzene rings is 2. The molecule has 1 N–H and O–H groups in total. The van der Waals surface area contributed by atoms with Crippen molar-refractivity contribution in [1.29, 1.82) is 0 Å². The van der Waals surface area contributed by atoms with Gasteiger partial charge in [-0.3, -0.25) is 4.79 Å². The zero-order valence-electron chi connectivity index (χ0n) is 14.8. The molecule has 136 valence electrons. The molecule has 0 aliphatic carbocycles. The van der Waals surface area contributed by atoms with Crippen LogP contribution >= 0.6 is 0 Å². The van der Waals surface area contributed by atoms with E-state index in [0.29, 0.717) is 35.8 Å². The molecular weight excluding hydrogens is 334 g/mol. The van der Waals surface area contributed by atoms with E-state index in [4.69, 9.17) is 9.47 Å². The average Bonchev–Trinajstić information content (AvgIpc) is 2.70. The van der Waals surface area contributed by atoms with E-state index in [2.05, 4.69) is 16.6 Å². The molecule has 26 heavy (non-hydrogen) atoms. The van der Waals surface area contributed by atoms with E-state index in [-0.39, 0.29) is 5.91 Å². The second-order valence-corrected chi connectivity index (χ2v) is 5.34. The predicted molar refractivity (Wildman–Crippen MR) is 97.6 cm³/mol. The van der Waals surface area contributed by atoms with Crippen molar-refractivity contribution in [2.75, 3.05) is 20.8 Å². The Morgan fingerprint density at radius 2 is 1.73 bits per heavy atom. The van der Waals surface area contributed by atoms with E-state index in [9.17, 15) is 9.59 Å². The molecule has 0 saturated carbocycles. The Morgan fingerprint density at radius 3 is 2.35 bits per heavy atom. The molecule has 2 rings (SSSR count). The van der Waals surface area contributed by atoms with E-state index in [1.54, 1.807) is 48.5 Å². The third-order valence-electron chi connectivity index (χ3n) is 3.61. The van der Waals surface area contributed by atoms with Crippen molar-refractivity contribution in [3.05, 3.63) is 71.8 Å². The van der Waals surface area contributed by atoms with Crippen LogP contribution in [0.3, 0.4) is 0 Å². The molecule has 0 saturated heterocycles. The Kier molecular flexibility index (Phi) is 6.79. The minimum Gasteiger partial charge on any atom is -0.493 e. The van der Waals surface area contributed by atoms with E-state index in [1.165, 1.54) is 14.2 Å². The Hall–Kier alpha value is -3.28. The van der Waals surface area contributed by atoms with Crippen LogP contribution in [0.4, 0.5) is 0 Å². The maximum absolute atomic E-state index is 12.3. The molecule has 2 aromatic rings. The van der Waals surface area contributed by atoms with Gasteiger partial charge in [-0.05, 0) is 35.9 Å². The van der Waals surface area contributed by atoms with Gasteiger partial charge in [-0.15, -0.1) is 0 Å². The fourth-order valence-corrected chi connectivity index (χ4v) is 2.24. The first-order chi connectivity index (χ1) is 12.6. The molecule has 0 heterocycles. The van der Waals surface area contributed by atoms with Gasteiger partial charge in [0.2, 0.25) is 0 Å². The molecule has 0 spiro atoms. The van der Waals surface area contributed by atoms with Crippen molar-refractivity contribution >= 4 is 11.9 Å². The lowest BCUT2D eigenvalue weighted by Gasteiger charge is -2.11. The molecule has 6 heteroatoms. The molecule has 0 aliphatic rings. The fourth-order valence-electron chi connectivity index (χ4n) is 2.24. The van der Waals surface area contributed by atoms with Crippen LogP contribution in [0.15, 0.2) is 55.1 Å². The highest BCUT2D eigenvalue weighted by Crippen LogP contribution is 2.28. The SMILES string of the molecule is C=CCOc1ccc(C(=O)NCc2ccc(C(=O)OC)cc2)cc1OC. The van der Waals surface area contributed by atoms with Crippen LogP contribution in [0.5, 0.6) is 11.5 Å². The molecule has 0 atom stereocenters. The molecular formula is C20H21NO5. The van der Waals surface area contributed by atoms with E-state index in [1.807, 2.05) is 0 Å². The van der Waals surface area contributed by atoms with Crippen molar-refractivity contribution in [3.8, 4) is 11.5 Å². The van der Waals surface area contributed by atoms with Gasteiger partial charge in [-0.25, -0.2) is 4.79 Å². The first kappa shape index (κ1) is 19.1. The van der Waals surface area contributed by atoms with Crippen LogP contribution in [0.1, 0.15) is 26.3 Å². The van der Waals surface area contributed by atoms with E-state index in [0.717, 1.165) is 5.56 Å². The maximum atomic E-state index is 12.3. The second kappa shape index (κ2) is 9.27. The van der Waals surface area contributed by atoms with Crippen molar-refractivity contribution < 1.29 is 23.8 Å². The second-order valence-electron chi connectivity index (χ2n) is 5.34. The molecule has 0 aliphatic heterocycles. The summed E-state index contributed by atoms with van der Waals surface area (Å²) in [5.74, 6) is 0.381. The Labute approximate surface area is 152 Å². The summed E-state index contributed by atoms with van der Waals surface area (Å²) in [5, 5.41) is 2.82. The van der Waals surface area contributed by atoms with Gasteiger partial charge >= 0.3 is 5.97 Å². The number of carbonyl (C=O) groups excluding carboxylic acids is 2. The number of nitrogens with one attached hydrogen (secondary N) is 1. The minimum absolute atomic E-state index is 0.240. The smallest absolute Gasteiger partial charge is 0.337 e. The van der Waals surface area contributed by atoms with E-state index < -0.39 is 5.97 Å². The van der Waals surface area contributed by atoms with Crippen LogP contribution in [0.2, 0.25) is 0 Å². The molecule has 0 unspecified atom stereocenters. The Bertz CT molecular complexity index is 783. The van der Waals surface area contributed by atoms with E-state index >= 15 is 0 Å². The zero-order valence-corrected chi connectivity index (χ0v) is 14.8. The number of hydrogen-bond acceptors (Lipinski definition) is 5. The number of methoxy groups -OCH3 is 2. The highest BCUT2D eigenvalue weighted by molar-refractivity contribution is 5.95. The first-order valence-electron chi connectivity index (χ1n) is 7.96. The lowest BCUT2D eigenvalue weighted by Crippen LogP contribution is -2.22. The molecule has 0 radical (unpaired) electrons. The van der Waals surface area contributed by atoms with Gasteiger partial charge in [0, 0.05) is 12.1 Å². The summed E-state index contributed by atoms with van der Waals surface area (Å²) in [4.78, 5) is 23.7. The van der Waals surface area contributed by atoms with Gasteiger partial charge in [0.1, 0.15) is 6.61 Å². The quantitative estimate of drug-likeness (QED) is 0.582. The fraction of sp³-hybridized carbons (Fsp3) is 0.200. The summed E-state index contributed by atoms with van der Waals surface area (Å²) in [6, 6.07) is 11.8. The number of esters is 1. The molecule has 0 bridgehead atoms. The number of carbonyl (C=O) groups is 2. The molecule has 6 nitrogen and oxygen atoms in total. The lowest BCUT2D eigenvalue weighted by atomic mass is 10.1. The number of ether oxygens (including phenoxy) is 3. The largest absolute Gasteiger partial charge is 0.493 e. The monoisotopic (exact) mass is 355 g/mol. The molecule has 0 fully saturated rings. The number of hydrogen-bond donors (Lipinski definition) is 1. The summed E-state index contributed by atoms with van der Waals surface area (Å²) in [5.41, 5.74) is 1.78. The van der Waals surface area contributed by atoms with Crippen LogP contribution in [-0.4, -0.2) is 32.7 Å². The average molecular weight is 355 g/mol. The van der Waals surface area contributed by atoms with Gasteiger partial charge in [0.05, 0.1) is 19.8 Å². The highest BCUT2D eigenvalue weighted by atomic mass is 16.5. The standard InChI is InChI=1S/C20H21NO5/c1-4-11-26-17-10-9-16(12-18(17)24-2)19(22)21-13-14-5-7-15(8-6-14)20(23)25-3/h4-10,12H,1,11,13H2,2-3H3,(H,21,22). The zero-order chi connectivity index (χ0) is 18.9. The van der Waals surface area contributed by atoms with Crippen LogP contribution < -0.4 is 14.8 Å². The van der Waals surface area contributed by atoms with Crippen molar-refractivity contribution in [2.24, 2.45) is 0 Å². The van der Waals surface area contributed by atoms with Gasteiger partial charge in [-0.2, -0.15) is 0 Å². The van der Waals surface area contributed by atoms with Crippen LogP contribution in [-0.2, 0) is 11.3 Å². The summed E-state index contributed by atoms with van der Waals surface area (Å²) in [7, 11) is 2.85. The molecule has 2 aromatic carbocycles. The van der Waals surface area contributed by atoms with Crippen molar-refractivity contribution in [2.45, 2.75) is 6.54 Å². The summed E-state index contributed by atoms with van der Waals surface area (Å²) in [6.45, 7) is 4.28. The predicted octanol–water partition coefficient (Wildman–Crippen LogP) is 2.98. The van der Waals surface area contributed by atoms with Crippen LogP contribution in [0, 0.1) is 0 Å². The molecule has 0 aromatic heterocycles. The molecule has 1 amide bonds. The van der Waals surface area contributed by atoms with Crippen molar-refractivity contribution in [1.82, 2.24) is 5.32 Å².